The van der Waals surface area contributed by atoms with E-state index >= 15 is 0 Å². The van der Waals surface area contributed by atoms with Gasteiger partial charge in [0.15, 0.2) is 5.96 Å². The molecule has 0 radical (unpaired) electrons. The number of para-hydroxylation sites is 3. The fourth-order valence-electron chi connectivity index (χ4n) is 3.69. The molecule has 1 amide bonds. The topological polar surface area (TPSA) is 109 Å². The summed E-state index contributed by atoms with van der Waals surface area (Å²) in [5.74, 6) is 0.174. The molecule has 0 aliphatic carbocycles. The predicted molar refractivity (Wildman–Crippen MR) is 93.1 cm³/mol. The molecule has 0 saturated heterocycles. The number of rotatable bonds is 1. The van der Waals surface area contributed by atoms with Crippen molar-refractivity contribution in [3.05, 3.63) is 54.1 Å². The number of aliphatic hydroxyl groups is 1. The number of guanidine groups is 1. The summed E-state index contributed by atoms with van der Waals surface area (Å²) in [6.07, 6.45) is 0. The molecule has 4 N–H and O–H groups in total. The molecule has 1 spiro atoms. The molecule has 1 aromatic heterocycles. The number of benzene rings is 2. The van der Waals surface area contributed by atoms with E-state index in [1.165, 1.54) is 4.90 Å². The summed E-state index contributed by atoms with van der Waals surface area (Å²) in [6.45, 7) is -0.442. The summed E-state index contributed by atoms with van der Waals surface area (Å²) in [4.78, 5) is 23.7. The second kappa shape index (κ2) is 4.58. The molecule has 8 heteroatoms. The molecule has 1 atom stereocenters. The van der Waals surface area contributed by atoms with Crippen LogP contribution in [0.25, 0.3) is 11.0 Å². The van der Waals surface area contributed by atoms with Crippen molar-refractivity contribution in [1.29, 1.82) is 0 Å². The molecule has 3 heterocycles. The number of carbonyl (C=O) groups is 1. The Bertz CT molecular complexity index is 1070. The van der Waals surface area contributed by atoms with Gasteiger partial charge in [0.25, 0.3) is 5.91 Å². The Morgan fingerprint density at radius 1 is 1.16 bits per heavy atom. The van der Waals surface area contributed by atoms with Crippen molar-refractivity contribution in [3.8, 4) is 0 Å². The fraction of sp³-hybridized carbons (Fsp3) is 0.118. The molecule has 25 heavy (non-hydrogen) atoms. The smallest absolute Gasteiger partial charge is 0.283 e. The van der Waals surface area contributed by atoms with Crippen molar-refractivity contribution in [2.45, 2.75) is 5.66 Å². The van der Waals surface area contributed by atoms with Gasteiger partial charge in [-0.05, 0) is 18.2 Å². The van der Waals surface area contributed by atoms with Crippen LogP contribution in [0.4, 0.5) is 11.6 Å². The summed E-state index contributed by atoms with van der Waals surface area (Å²) in [5, 5.41) is 12.7. The predicted octanol–water partition coefficient (Wildman–Crippen LogP) is 0.774. The first kappa shape index (κ1) is 14.0. The van der Waals surface area contributed by atoms with Crippen molar-refractivity contribution >= 4 is 34.5 Å². The highest BCUT2D eigenvalue weighted by molar-refractivity contribution is 6.11. The van der Waals surface area contributed by atoms with Crippen molar-refractivity contribution in [1.82, 2.24) is 9.55 Å². The maximum absolute atomic E-state index is 13.3. The third kappa shape index (κ3) is 1.56. The Labute approximate surface area is 142 Å². The molecule has 5 rings (SSSR count). The normalized spacial score (nSPS) is 21.2. The number of amides is 1. The molecule has 0 bridgehead atoms. The second-order valence-electron chi connectivity index (χ2n) is 5.95. The highest BCUT2D eigenvalue weighted by atomic mass is 16.3. The Kier molecular flexibility index (Phi) is 2.56. The summed E-state index contributed by atoms with van der Waals surface area (Å²) in [5.41, 5.74) is 7.31. The lowest BCUT2D eigenvalue weighted by molar-refractivity contribution is -0.124. The second-order valence-corrected chi connectivity index (χ2v) is 5.95. The third-order valence-corrected chi connectivity index (χ3v) is 4.66. The van der Waals surface area contributed by atoms with Crippen LogP contribution in [-0.4, -0.2) is 33.3 Å². The van der Waals surface area contributed by atoms with Crippen LogP contribution in [0.3, 0.4) is 0 Å². The van der Waals surface area contributed by atoms with E-state index in [9.17, 15) is 9.90 Å². The van der Waals surface area contributed by atoms with Crippen LogP contribution < -0.4 is 16.0 Å². The monoisotopic (exact) mass is 334 g/mol. The van der Waals surface area contributed by atoms with Gasteiger partial charge in [-0.1, -0.05) is 30.3 Å². The van der Waals surface area contributed by atoms with E-state index in [-0.39, 0.29) is 11.9 Å². The number of aliphatic hydroxyl groups excluding tert-OH is 1. The Hall–Kier alpha value is -3.39. The van der Waals surface area contributed by atoms with Gasteiger partial charge in [0.1, 0.15) is 6.73 Å². The third-order valence-electron chi connectivity index (χ3n) is 4.66. The standard InChI is InChI=1S/C17H14N6O2/c18-15-20-16-19-11-6-2-4-8-13(11)23(16)17(21-15)10-5-1-3-7-12(10)22(9-24)14(17)25/h1-8,24H,9H2,(H3,18,19,20,21)/t17-/m1/s1. The first-order chi connectivity index (χ1) is 12.2. The number of anilines is 2. The average molecular weight is 334 g/mol. The molecular weight excluding hydrogens is 320 g/mol. The summed E-state index contributed by atoms with van der Waals surface area (Å²) in [7, 11) is 0. The molecule has 124 valence electrons. The fourth-order valence-corrected chi connectivity index (χ4v) is 3.69. The number of aromatic nitrogens is 2. The lowest BCUT2D eigenvalue weighted by Crippen LogP contribution is -2.49. The van der Waals surface area contributed by atoms with Crippen LogP contribution in [0.15, 0.2) is 53.5 Å². The van der Waals surface area contributed by atoms with Gasteiger partial charge >= 0.3 is 0 Å². The molecule has 3 aromatic rings. The van der Waals surface area contributed by atoms with E-state index in [0.717, 1.165) is 11.0 Å². The Morgan fingerprint density at radius 2 is 1.92 bits per heavy atom. The molecule has 0 unspecified atom stereocenters. The summed E-state index contributed by atoms with van der Waals surface area (Å²) < 4.78 is 1.75. The van der Waals surface area contributed by atoms with Crippen molar-refractivity contribution in [2.75, 3.05) is 16.9 Å². The number of hydrogen-bond donors (Lipinski definition) is 3. The first-order valence-corrected chi connectivity index (χ1v) is 7.79. The lowest BCUT2D eigenvalue weighted by Gasteiger charge is -2.32. The SMILES string of the molecule is NC1=N[C@@]2(C(=O)N(CO)c3ccccc32)n2c(nc3ccccc32)N1. The number of aliphatic imine (C=N–C) groups is 1. The number of fused-ring (bicyclic) bond motifs is 6. The Balaban J connectivity index is 1.93. The zero-order valence-corrected chi connectivity index (χ0v) is 13.0. The first-order valence-electron chi connectivity index (χ1n) is 7.79. The minimum absolute atomic E-state index is 0.103. The number of nitrogens with two attached hydrogens (primary N) is 1. The average Bonchev–Trinajstić information content (AvgIpc) is 3.09. The van der Waals surface area contributed by atoms with Crippen LogP contribution in [0.1, 0.15) is 5.56 Å². The molecule has 2 aliphatic heterocycles. The zero-order chi connectivity index (χ0) is 17.2. The zero-order valence-electron chi connectivity index (χ0n) is 13.0. The van der Waals surface area contributed by atoms with Crippen LogP contribution in [0.2, 0.25) is 0 Å². The van der Waals surface area contributed by atoms with Crippen molar-refractivity contribution in [3.63, 3.8) is 0 Å². The van der Waals surface area contributed by atoms with E-state index in [1.54, 1.807) is 10.6 Å². The number of nitrogens with zero attached hydrogens (tertiary/aromatic N) is 4. The molecular formula is C17H14N6O2. The van der Waals surface area contributed by atoms with E-state index in [4.69, 9.17) is 5.73 Å². The maximum atomic E-state index is 13.3. The van der Waals surface area contributed by atoms with Crippen LogP contribution in [0.5, 0.6) is 0 Å². The van der Waals surface area contributed by atoms with Gasteiger partial charge in [-0.25, -0.2) is 9.98 Å². The van der Waals surface area contributed by atoms with Crippen LogP contribution in [0, 0.1) is 0 Å². The van der Waals surface area contributed by atoms with Crippen molar-refractivity contribution < 1.29 is 9.90 Å². The molecule has 8 nitrogen and oxygen atoms in total. The quantitative estimate of drug-likeness (QED) is 0.609. The highest BCUT2D eigenvalue weighted by Crippen LogP contribution is 2.47. The summed E-state index contributed by atoms with van der Waals surface area (Å²) in [6, 6.07) is 14.8. The van der Waals surface area contributed by atoms with E-state index in [0.29, 0.717) is 17.2 Å². The highest BCUT2D eigenvalue weighted by Gasteiger charge is 2.55. The van der Waals surface area contributed by atoms with E-state index in [2.05, 4.69) is 15.3 Å². The van der Waals surface area contributed by atoms with Gasteiger partial charge in [-0.3, -0.25) is 19.6 Å². The summed E-state index contributed by atoms with van der Waals surface area (Å²) >= 11 is 0. The Morgan fingerprint density at radius 3 is 2.76 bits per heavy atom. The van der Waals surface area contributed by atoms with E-state index in [1.807, 2.05) is 42.5 Å². The maximum Gasteiger partial charge on any atom is 0.283 e. The van der Waals surface area contributed by atoms with Gasteiger partial charge in [-0.15, -0.1) is 0 Å². The van der Waals surface area contributed by atoms with Crippen LogP contribution in [-0.2, 0) is 10.5 Å². The minimum atomic E-state index is -1.42. The van der Waals surface area contributed by atoms with Crippen LogP contribution >= 0.6 is 0 Å². The minimum Gasteiger partial charge on any atom is -0.376 e. The number of nitrogens with one attached hydrogen (secondary N) is 1. The van der Waals surface area contributed by atoms with Crippen molar-refractivity contribution in [2.24, 2.45) is 10.7 Å². The lowest BCUT2D eigenvalue weighted by atomic mass is 10.00. The largest absolute Gasteiger partial charge is 0.376 e. The van der Waals surface area contributed by atoms with Gasteiger partial charge in [-0.2, -0.15) is 0 Å². The molecule has 2 aromatic carbocycles. The van der Waals surface area contributed by atoms with E-state index < -0.39 is 12.4 Å². The number of carbonyl (C=O) groups excluding carboxylic acids is 1. The van der Waals surface area contributed by atoms with Gasteiger partial charge in [0.05, 0.1) is 16.7 Å². The number of hydrogen-bond acceptors (Lipinski definition) is 6. The van der Waals surface area contributed by atoms with Gasteiger partial charge in [0, 0.05) is 5.56 Å². The number of imidazole rings is 1. The van der Waals surface area contributed by atoms with Gasteiger partial charge < -0.3 is 10.8 Å². The van der Waals surface area contributed by atoms with Gasteiger partial charge in [0.2, 0.25) is 11.6 Å². The molecule has 0 saturated carbocycles. The molecule has 0 fully saturated rings. The molecule has 2 aliphatic rings.